The Labute approximate surface area is 137 Å². The lowest BCUT2D eigenvalue weighted by Crippen LogP contribution is -2.33. The van der Waals surface area contributed by atoms with Crippen LogP contribution in [-0.2, 0) is 4.79 Å². The van der Waals surface area contributed by atoms with Crippen LogP contribution in [0.1, 0.15) is 11.5 Å². The molecular weight excluding hydrogens is 318 g/mol. The van der Waals surface area contributed by atoms with Crippen LogP contribution in [0.15, 0.2) is 46.9 Å². The molecule has 1 amide bonds. The van der Waals surface area contributed by atoms with E-state index in [1.165, 1.54) is 24.3 Å². The number of aryl methyl sites for hydroxylation is 1. The van der Waals surface area contributed by atoms with E-state index in [-0.39, 0.29) is 16.5 Å². The third kappa shape index (κ3) is 4.75. The highest BCUT2D eigenvalue weighted by molar-refractivity contribution is 7.80. The number of thiocarbonyl (C=S) groups is 1. The van der Waals surface area contributed by atoms with Crippen molar-refractivity contribution in [1.29, 1.82) is 0 Å². The summed E-state index contributed by atoms with van der Waals surface area (Å²) in [6.07, 6.45) is 2.75. The normalized spacial score (nSPS) is 10.5. The van der Waals surface area contributed by atoms with Gasteiger partial charge in [-0.3, -0.25) is 20.2 Å². The number of rotatable bonds is 4. The SMILES string of the molecule is Cc1ccc(C=CC(=O)NC(=S)Nc2ccccc2[N+](=O)[O-])o1. The van der Waals surface area contributed by atoms with E-state index in [0.717, 1.165) is 5.76 Å². The summed E-state index contributed by atoms with van der Waals surface area (Å²) in [6.45, 7) is 1.79. The van der Waals surface area contributed by atoms with Crippen molar-refractivity contribution in [2.24, 2.45) is 0 Å². The maximum atomic E-state index is 11.7. The van der Waals surface area contributed by atoms with Gasteiger partial charge < -0.3 is 9.73 Å². The second-order valence-electron chi connectivity index (χ2n) is 4.50. The van der Waals surface area contributed by atoms with Gasteiger partial charge in [-0.25, -0.2) is 0 Å². The molecule has 2 rings (SSSR count). The van der Waals surface area contributed by atoms with Gasteiger partial charge in [0.2, 0.25) is 5.91 Å². The van der Waals surface area contributed by atoms with E-state index < -0.39 is 10.8 Å². The quantitative estimate of drug-likeness (QED) is 0.387. The van der Waals surface area contributed by atoms with Crippen molar-refractivity contribution in [3.05, 3.63) is 64.1 Å². The van der Waals surface area contributed by atoms with Crippen molar-refractivity contribution >= 4 is 40.7 Å². The predicted octanol–water partition coefficient (Wildman–Crippen LogP) is 3.02. The number of furan rings is 1. The molecule has 7 nitrogen and oxygen atoms in total. The van der Waals surface area contributed by atoms with Crippen LogP contribution in [0.4, 0.5) is 11.4 Å². The summed E-state index contributed by atoms with van der Waals surface area (Å²) < 4.78 is 5.29. The first kappa shape index (κ1) is 16.4. The summed E-state index contributed by atoms with van der Waals surface area (Å²) >= 11 is 4.97. The molecule has 118 valence electrons. The van der Waals surface area contributed by atoms with E-state index in [9.17, 15) is 14.9 Å². The minimum Gasteiger partial charge on any atom is -0.462 e. The minimum atomic E-state index is -0.536. The summed E-state index contributed by atoms with van der Waals surface area (Å²) in [5, 5.41) is 15.9. The van der Waals surface area contributed by atoms with Gasteiger partial charge in [0, 0.05) is 12.1 Å². The summed E-state index contributed by atoms with van der Waals surface area (Å²) in [6, 6.07) is 9.50. The standard InChI is InChI=1S/C15H13N3O4S/c1-10-6-7-11(22-10)8-9-14(19)17-15(23)16-12-4-2-3-5-13(12)18(20)21/h2-9H,1H3,(H2,16,17,19,23). The van der Waals surface area contributed by atoms with Crippen LogP contribution in [-0.4, -0.2) is 15.9 Å². The Hall–Kier alpha value is -3.00. The van der Waals surface area contributed by atoms with Crippen molar-refractivity contribution in [1.82, 2.24) is 5.32 Å². The Balaban J connectivity index is 1.96. The first-order chi connectivity index (χ1) is 11.0. The number of anilines is 1. The van der Waals surface area contributed by atoms with E-state index in [1.54, 1.807) is 31.2 Å². The van der Waals surface area contributed by atoms with Crippen LogP contribution in [0.5, 0.6) is 0 Å². The van der Waals surface area contributed by atoms with E-state index in [0.29, 0.717) is 5.76 Å². The van der Waals surface area contributed by atoms with Crippen LogP contribution in [0.25, 0.3) is 6.08 Å². The van der Waals surface area contributed by atoms with Gasteiger partial charge in [0.25, 0.3) is 5.69 Å². The molecule has 0 fully saturated rings. The fourth-order valence-electron chi connectivity index (χ4n) is 1.75. The number of carbonyl (C=O) groups excluding carboxylic acids is 1. The number of carbonyl (C=O) groups is 1. The van der Waals surface area contributed by atoms with Gasteiger partial charge in [-0.15, -0.1) is 0 Å². The Kier molecular flexibility index (Phi) is 5.21. The van der Waals surface area contributed by atoms with Crippen LogP contribution < -0.4 is 10.6 Å². The molecule has 0 aliphatic rings. The molecule has 0 radical (unpaired) electrons. The molecule has 23 heavy (non-hydrogen) atoms. The fourth-order valence-corrected chi connectivity index (χ4v) is 1.96. The topological polar surface area (TPSA) is 97.4 Å². The molecule has 0 bridgehead atoms. The number of hydrogen-bond acceptors (Lipinski definition) is 5. The number of nitro groups is 1. The molecule has 0 saturated carbocycles. The second-order valence-corrected chi connectivity index (χ2v) is 4.91. The molecule has 2 N–H and O–H groups in total. The van der Waals surface area contributed by atoms with Gasteiger partial charge in [0.15, 0.2) is 5.11 Å². The zero-order valence-electron chi connectivity index (χ0n) is 12.1. The van der Waals surface area contributed by atoms with Gasteiger partial charge in [-0.05, 0) is 43.4 Å². The molecule has 0 atom stereocenters. The molecule has 1 aromatic heterocycles. The van der Waals surface area contributed by atoms with Crippen molar-refractivity contribution in [3.63, 3.8) is 0 Å². The number of nitro benzene ring substituents is 1. The van der Waals surface area contributed by atoms with E-state index in [1.807, 2.05) is 0 Å². The molecule has 1 heterocycles. The lowest BCUT2D eigenvalue weighted by molar-refractivity contribution is -0.383. The van der Waals surface area contributed by atoms with Crippen molar-refractivity contribution in [2.75, 3.05) is 5.32 Å². The monoisotopic (exact) mass is 331 g/mol. The average molecular weight is 331 g/mol. The highest BCUT2D eigenvalue weighted by Gasteiger charge is 2.13. The third-order valence-electron chi connectivity index (χ3n) is 2.75. The molecule has 0 unspecified atom stereocenters. The minimum absolute atomic E-state index is 0.0374. The summed E-state index contributed by atoms with van der Waals surface area (Å²) in [4.78, 5) is 22.1. The summed E-state index contributed by atoms with van der Waals surface area (Å²) in [5.41, 5.74) is 0.0686. The third-order valence-corrected chi connectivity index (χ3v) is 2.95. The Morgan fingerprint density at radius 3 is 2.70 bits per heavy atom. The fraction of sp³-hybridized carbons (Fsp3) is 0.0667. The van der Waals surface area contributed by atoms with Crippen molar-refractivity contribution < 1.29 is 14.1 Å². The van der Waals surface area contributed by atoms with Gasteiger partial charge in [-0.1, -0.05) is 12.1 Å². The van der Waals surface area contributed by atoms with E-state index in [4.69, 9.17) is 16.6 Å². The second kappa shape index (κ2) is 7.32. The zero-order chi connectivity index (χ0) is 16.8. The zero-order valence-corrected chi connectivity index (χ0v) is 12.9. The number of hydrogen-bond donors (Lipinski definition) is 2. The Bertz CT molecular complexity index is 783. The van der Waals surface area contributed by atoms with Crippen LogP contribution in [0.3, 0.4) is 0 Å². The van der Waals surface area contributed by atoms with Crippen molar-refractivity contribution in [3.8, 4) is 0 Å². The average Bonchev–Trinajstić information content (AvgIpc) is 2.91. The largest absolute Gasteiger partial charge is 0.462 e. The summed E-state index contributed by atoms with van der Waals surface area (Å²) in [7, 11) is 0. The maximum absolute atomic E-state index is 11.7. The predicted molar refractivity (Wildman–Crippen MR) is 89.9 cm³/mol. The molecule has 8 heteroatoms. The maximum Gasteiger partial charge on any atom is 0.292 e. The number of amides is 1. The molecule has 1 aromatic carbocycles. The Morgan fingerprint density at radius 1 is 1.30 bits per heavy atom. The number of para-hydroxylation sites is 2. The highest BCUT2D eigenvalue weighted by atomic mass is 32.1. The van der Waals surface area contributed by atoms with E-state index >= 15 is 0 Å². The van der Waals surface area contributed by atoms with Crippen LogP contribution in [0.2, 0.25) is 0 Å². The lowest BCUT2D eigenvalue weighted by atomic mass is 10.3. The Morgan fingerprint density at radius 2 is 2.04 bits per heavy atom. The number of nitrogens with one attached hydrogen (secondary N) is 2. The van der Waals surface area contributed by atoms with Crippen molar-refractivity contribution in [2.45, 2.75) is 6.92 Å². The van der Waals surface area contributed by atoms with Gasteiger partial charge in [0.1, 0.15) is 17.2 Å². The molecular formula is C15H13N3O4S. The first-order valence-electron chi connectivity index (χ1n) is 6.55. The van der Waals surface area contributed by atoms with Crippen LogP contribution in [0, 0.1) is 17.0 Å². The lowest BCUT2D eigenvalue weighted by Gasteiger charge is -2.08. The molecule has 0 saturated heterocycles. The molecule has 0 aliphatic heterocycles. The molecule has 2 aromatic rings. The number of nitrogens with zero attached hydrogens (tertiary/aromatic N) is 1. The smallest absolute Gasteiger partial charge is 0.292 e. The van der Waals surface area contributed by atoms with Gasteiger partial charge >= 0.3 is 0 Å². The van der Waals surface area contributed by atoms with Gasteiger partial charge in [-0.2, -0.15) is 0 Å². The molecule has 0 aliphatic carbocycles. The van der Waals surface area contributed by atoms with Crippen LogP contribution >= 0.6 is 12.2 Å². The van der Waals surface area contributed by atoms with E-state index in [2.05, 4.69) is 10.6 Å². The molecule has 0 spiro atoms. The van der Waals surface area contributed by atoms with Gasteiger partial charge in [0.05, 0.1) is 4.92 Å². The highest BCUT2D eigenvalue weighted by Crippen LogP contribution is 2.22. The number of benzene rings is 1. The summed E-state index contributed by atoms with van der Waals surface area (Å²) in [5.74, 6) is 0.795. The first-order valence-corrected chi connectivity index (χ1v) is 6.96.